The summed E-state index contributed by atoms with van der Waals surface area (Å²) in [6.07, 6.45) is 3.33. The van der Waals surface area contributed by atoms with Crippen molar-refractivity contribution in [3.63, 3.8) is 0 Å². The molecule has 1 atom stereocenters. The van der Waals surface area contributed by atoms with Crippen LogP contribution in [0.3, 0.4) is 0 Å². The van der Waals surface area contributed by atoms with E-state index in [4.69, 9.17) is 18.9 Å². The number of unbranched alkanes of at least 4 members (excludes halogenated alkanes) is 2. The number of fused-ring (bicyclic) bond motifs is 1. The predicted octanol–water partition coefficient (Wildman–Crippen LogP) is 3.12. The lowest BCUT2D eigenvalue weighted by atomic mass is 10.1. The van der Waals surface area contributed by atoms with Crippen LogP contribution in [0, 0.1) is 0 Å². The van der Waals surface area contributed by atoms with Gasteiger partial charge >= 0.3 is 5.97 Å². The molecule has 1 aromatic carbocycles. The Balaban J connectivity index is 1.74. The Labute approximate surface area is 163 Å². The molecule has 0 N–H and O–H groups in total. The van der Waals surface area contributed by atoms with Gasteiger partial charge in [-0.25, -0.2) is 0 Å². The van der Waals surface area contributed by atoms with E-state index < -0.39 is 0 Å². The molecular formula is C19H25NO6S. The van der Waals surface area contributed by atoms with Crippen LogP contribution in [0.1, 0.15) is 43.5 Å². The summed E-state index contributed by atoms with van der Waals surface area (Å²) in [7, 11) is 1.56. The number of nitrogens with zero attached hydrogens (tertiary/aromatic N) is 1. The van der Waals surface area contributed by atoms with Gasteiger partial charge in [-0.05, 0) is 24.1 Å². The van der Waals surface area contributed by atoms with Crippen molar-refractivity contribution in [3.05, 3.63) is 17.7 Å². The van der Waals surface area contributed by atoms with E-state index in [1.54, 1.807) is 23.8 Å². The zero-order valence-electron chi connectivity index (χ0n) is 15.7. The number of benzene rings is 1. The number of amides is 1. The molecule has 0 spiro atoms. The molecule has 0 aliphatic carbocycles. The van der Waals surface area contributed by atoms with E-state index in [0.29, 0.717) is 36.0 Å². The van der Waals surface area contributed by atoms with Crippen molar-refractivity contribution in [1.82, 2.24) is 4.90 Å². The summed E-state index contributed by atoms with van der Waals surface area (Å²) in [4.78, 5) is 26.3. The molecule has 1 amide bonds. The molecule has 2 aliphatic rings. The number of rotatable bonds is 8. The third-order valence-electron chi connectivity index (χ3n) is 4.47. The average Bonchev–Trinajstić information content (AvgIpc) is 3.14. The van der Waals surface area contributed by atoms with Crippen LogP contribution in [-0.2, 0) is 14.3 Å². The molecule has 1 aromatic rings. The molecule has 0 bridgehead atoms. The van der Waals surface area contributed by atoms with E-state index in [1.807, 2.05) is 12.1 Å². The fourth-order valence-electron chi connectivity index (χ4n) is 3.08. The van der Waals surface area contributed by atoms with Crippen molar-refractivity contribution in [2.75, 3.05) is 32.8 Å². The van der Waals surface area contributed by atoms with Crippen molar-refractivity contribution < 1.29 is 28.5 Å². The maximum absolute atomic E-state index is 12.5. The molecule has 148 valence electrons. The molecule has 0 radical (unpaired) electrons. The SMILES string of the molecule is CCCCCOC(=O)CN1C(=O)CCSC1c1cc(OC)c2c(c1)OCO2. The highest BCUT2D eigenvalue weighted by molar-refractivity contribution is 7.99. The maximum atomic E-state index is 12.5. The molecule has 0 saturated carbocycles. The first kappa shape index (κ1) is 19.7. The van der Waals surface area contributed by atoms with E-state index in [2.05, 4.69) is 6.92 Å². The largest absolute Gasteiger partial charge is 0.493 e. The molecule has 2 aliphatic heterocycles. The summed E-state index contributed by atoms with van der Waals surface area (Å²) in [5, 5.41) is -0.294. The second kappa shape index (κ2) is 9.21. The van der Waals surface area contributed by atoms with Crippen molar-refractivity contribution in [2.45, 2.75) is 38.0 Å². The second-order valence-corrected chi connectivity index (χ2v) is 7.57. The zero-order valence-corrected chi connectivity index (χ0v) is 16.5. The first-order valence-corrected chi connectivity index (χ1v) is 10.2. The normalized spacial score (nSPS) is 18.5. The smallest absolute Gasteiger partial charge is 0.325 e. The van der Waals surface area contributed by atoms with Gasteiger partial charge < -0.3 is 23.8 Å². The van der Waals surface area contributed by atoms with Crippen LogP contribution >= 0.6 is 11.8 Å². The molecule has 2 heterocycles. The molecule has 1 fully saturated rings. The van der Waals surface area contributed by atoms with Crippen molar-refractivity contribution in [1.29, 1.82) is 0 Å². The zero-order chi connectivity index (χ0) is 19.2. The molecule has 7 nitrogen and oxygen atoms in total. The summed E-state index contributed by atoms with van der Waals surface area (Å²) in [6, 6.07) is 3.68. The summed E-state index contributed by atoms with van der Waals surface area (Å²) in [5.74, 6) is 1.98. The number of ether oxygens (including phenoxy) is 4. The minimum Gasteiger partial charge on any atom is -0.493 e. The highest BCUT2D eigenvalue weighted by Gasteiger charge is 2.33. The van der Waals surface area contributed by atoms with Crippen molar-refractivity contribution >= 4 is 23.6 Å². The Kier molecular flexibility index (Phi) is 6.71. The van der Waals surface area contributed by atoms with Crippen LogP contribution < -0.4 is 14.2 Å². The van der Waals surface area contributed by atoms with Gasteiger partial charge in [0.1, 0.15) is 11.9 Å². The minimum absolute atomic E-state index is 0.0547. The number of carbonyl (C=O) groups is 2. The third kappa shape index (κ3) is 4.61. The monoisotopic (exact) mass is 395 g/mol. The average molecular weight is 395 g/mol. The lowest BCUT2D eigenvalue weighted by molar-refractivity contribution is -0.150. The summed E-state index contributed by atoms with van der Waals surface area (Å²) in [5.41, 5.74) is 0.841. The number of carbonyl (C=O) groups excluding carboxylic acids is 2. The molecule has 1 saturated heterocycles. The maximum Gasteiger partial charge on any atom is 0.325 e. The molecular weight excluding hydrogens is 370 g/mol. The van der Waals surface area contributed by atoms with Gasteiger partial charge in [-0.3, -0.25) is 9.59 Å². The molecule has 8 heteroatoms. The number of hydrogen-bond acceptors (Lipinski definition) is 7. The quantitative estimate of drug-likeness (QED) is 0.494. The summed E-state index contributed by atoms with van der Waals surface area (Å²) >= 11 is 1.61. The Hall–Kier alpha value is -2.09. The van der Waals surface area contributed by atoms with Gasteiger partial charge in [0.15, 0.2) is 11.5 Å². The topological polar surface area (TPSA) is 74.3 Å². The first-order chi connectivity index (χ1) is 13.1. The van der Waals surface area contributed by atoms with E-state index in [0.717, 1.165) is 24.8 Å². The van der Waals surface area contributed by atoms with Gasteiger partial charge in [0.2, 0.25) is 18.4 Å². The number of thioether (sulfide) groups is 1. The fraction of sp³-hybridized carbons (Fsp3) is 0.579. The first-order valence-electron chi connectivity index (χ1n) is 9.18. The molecule has 0 aromatic heterocycles. The Morgan fingerprint density at radius 2 is 2.19 bits per heavy atom. The van der Waals surface area contributed by atoms with Crippen LogP contribution in [0.25, 0.3) is 0 Å². The molecule has 3 rings (SSSR count). The number of hydrogen-bond donors (Lipinski definition) is 0. The van der Waals surface area contributed by atoms with Crippen LogP contribution in [-0.4, -0.2) is 49.6 Å². The summed E-state index contributed by atoms with van der Waals surface area (Å²) < 4.78 is 21.6. The van der Waals surface area contributed by atoms with E-state index >= 15 is 0 Å². The van der Waals surface area contributed by atoms with Crippen LogP contribution in [0.2, 0.25) is 0 Å². The number of methoxy groups -OCH3 is 1. The van der Waals surface area contributed by atoms with Crippen LogP contribution in [0.15, 0.2) is 12.1 Å². The minimum atomic E-state index is -0.375. The van der Waals surface area contributed by atoms with Crippen molar-refractivity contribution in [3.8, 4) is 17.2 Å². The van der Waals surface area contributed by atoms with Crippen LogP contribution in [0.5, 0.6) is 17.2 Å². The van der Waals surface area contributed by atoms with Gasteiger partial charge in [-0.15, -0.1) is 11.8 Å². The Bertz CT molecular complexity index is 695. The summed E-state index contributed by atoms with van der Waals surface area (Å²) in [6.45, 7) is 2.57. The standard InChI is InChI=1S/C19H25NO6S/c1-3-4-5-7-24-17(22)11-20-16(21)6-8-27-19(20)13-9-14(23-2)18-15(10-13)25-12-26-18/h9-10,19H,3-8,11-12H2,1-2H3. The van der Waals surface area contributed by atoms with Gasteiger partial charge in [-0.1, -0.05) is 19.8 Å². The third-order valence-corrected chi connectivity index (χ3v) is 5.75. The van der Waals surface area contributed by atoms with Gasteiger partial charge in [0, 0.05) is 12.2 Å². The number of esters is 1. The van der Waals surface area contributed by atoms with Gasteiger partial charge in [-0.2, -0.15) is 0 Å². The van der Waals surface area contributed by atoms with E-state index in [9.17, 15) is 9.59 Å². The molecule has 1 unspecified atom stereocenters. The van der Waals surface area contributed by atoms with Crippen LogP contribution in [0.4, 0.5) is 0 Å². The predicted molar refractivity (Wildman–Crippen MR) is 101 cm³/mol. The fourth-order valence-corrected chi connectivity index (χ4v) is 4.30. The lowest BCUT2D eigenvalue weighted by Crippen LogP contribution is -2.41. The van der Waals surface area contributed by atoms with Gasteiger partial charge in [0.05, 0.1) is 13.7 Å². The lowest BCUT2D eigenvalue weighted by Gasteiger charge is -2.34. The molecule has 27 heavy (non-hydrogen) atoms. The Morgan fingerprint density at radius 3 is 2.96 bits per heavy atom. The highest BCUT2D eigenvalue weighted by atomic mass is 32.2. The van der Waals surface area contributed by atoms with E-state index in [1.165, 1.54) is 0 Å². The van der Waals surface area contributed by atoms with Crippen molar-refractivity contribution in [2.24, 2.45) is 0 Å². The Morgan fingerprint density at radius 1 is 1.33 bits per heavy atom. The van der Waals surface area contributed by atoms with E-state index in [-0.39, 0.29) is 30.6 Å². The van der Waals surface area contributed by atoms with Gasteiger partial charge in [0.25, 0.3) is 0 Å². The second-order valence-electron chi connectivity index (χ2n) is 6.38. The highest BCUT2D eigenvalue weighted by Crippen LogP contribution is 2.46.